The third-order valence-electron chi connectivity index (χ3n) is 3.36. The maximum Gasteiger partial charge on any atom is 0.337 e. The first-order valence-corrected chi connectivity index (χ1v) is 7.57. The predicted molar refractivity (Wildman–Crippen MR) is 93.8 cm³/mol. The van der Waals surface area contributed by atoms with Crippen LogP contribution in [-0.4, -0.2) is 29.8 Å². The van der Waals surface area contributed by atoms with Crippen molar-refractivity contribution in [2.24, 2.45) is 5.92 Å². The lowest BCUT2D eigenvalue weighted by atomic mass is 10.0. The second-order valence-electron chi connectivity index (χ2n) is 5.12. The fourth-order valence-electron chi connectivity index (χ4n) is 2.01. The van der Waals surface area contributed by atoms with Gasteiger partial charge in [-0.05, 0) is 35.9 Å². The van der Waals surface area contributed by atoms with Crippen LogP contribution in [0, 0.1) is 17.2 Å². The van der Waals surface area contributed by atoms with Crippen molar-refractivity contribution in [3.8, 4) is 6.07 Å². The molecule has 1 aromatic heterocycles. The molecule has 2 aromatic rings. The number of nitrogens with zero attached hydrogens (tertiary/aromatic N) is 2. The summed E-state index contributed by atoms with van der Waals surface area (Å²) in [5, 5.41) is 11.5. The molecular formula is C19H15N3O4. The van der Waals surface area contributed by atoms with Gasteiger partial charge in [0, 0.05) is 6.20 Å². The number of esters is 1. The van der Waals surface area contributed by atoms with E-state index in [0.717, 1.165) is 6.08 Å². The topological polar surface area (TPSA) is 109 Å². The van der Waals surface area contributed by atoms with E-state index in [1.54, 1.807) is 48.5 Å². The molecule has 7 nitrogen and oxygen atoms in total. The zero-order chi connectivity index (χ0) is 18.9. The fraction of sp³-hybridized carbons (Fsp3) is 0.105. The Morgan fingerprint density at radius 3 is 2.50 bits per heavy atom. The Labute approximate surface area is 149 Å². The number of rotatable bonds is 6. The van der Waals surface area contributed by atoms with Gasteiger partial charge in [-0.25, -0.2) is 9.78 Å². The zero-order valence-corrected chi connectivity index (χ0v) is 13.9. The molecule has 7 heteroatoms. The van der Waals surface area contributed by atoms with Crippen LogP contribution in [0.5, 0.6) is 0 Å². The predicted octanol–water partition coefficient (Wildman–Crippen LogP) is 2.23. The van der Waals surface area contributed by atoms with Crippen molar-refractivity contribution in [1.29, 1.82) is 5.26 Å². The Morgan fingerprint density at radius 2 is 1.92 bits per heavy atom. The number of anilines is 1. The average Bonchev–Trinajstić information content (AvgIpc) is 2.67. The van der Waals surface area contributed by atoms with Gasteiger partial charge in [-0.3, -0.25) is 9.59 Å². The molecule has 1 N–H and O–H groups in total. The molecule has 0 saturated heterocycles. The summed E-state index contributed by atoms with van der Waals surface area (Å²) in [6.45, 7) is 0. The lowest BCUT2D eigenvalue weighted by molar-refractivity contribution is -0.126. The molecule has 0 spiro atoms. The Balaban J connectivity index is 2.04. The monoisotopic (exact) mass is 349 g/mol. The maximum absolute atomic E-state index is 12.1. The van der Waals surface area contributed by atoms with Crippen LogP contribution in [0.4, 0.5) is 5.82 Å². The van der Waals surface area contributed by atoms with Crippen molar-refractivity contribution in [3.63, 3.8) is 0 Å². The van der Waals surface area contributed by atoms with Crippen LogP contribution in [0.1, 0.15) is 15.9 Å². The lowest BCUT2D eigenvalue weighted by Crippen LogP contribution is -2.27. The average molecular weight is 349 g/mol. The van der Waals surface area contributed by atoms with Crippen LogP contribution in [0.15, 0.2) is 54.7 Å². The van der Waals surface area contributed by atoms with E-state index in [1.165, 1.54) is 19.4 Å². The molecule has 1 heterocycles. The van der Waals surface area contributed by atoms with E-state index >= 15 is 0 Å². The number of allylic oxidation sites excluding steroid dienone is 1. The molecule has 1 amide bonds. The quantitative estimate of drug-likeness (QED) is 0.486. The molecule has 0 fully saturated rings. The molecule has 26 heavy (non-hydrogen) atoms. The number of nitrogens with one attached hydrogen (secondary N) is 1. The Kier molecular flexibility index (Phi) is 6.34. The minimum Gasteiger partial charge on any atom is -0.465 e. The smallest absolute Gasteiger partial charge is 0.337 e. The van der Waals surface area contributed by atoms with Crippen molar-refractivity contribution in [2.75, 3.05) is 12.4 Å². The second-order valence-corrected chi connectivity index (χ2v) is 5.12. The summed E-state index contributed by atoms with van der Waals surface area (Å²) >= 11 is 0. The van der Waals surface area contributed by atoms with E-state index in [0.29, 0.717) is 11.1 Å². The number of hydrogen-bond acceptors (Lipinski definition) is 6. The molecular weight excluding hydrogens is 334 g/mol. The molecule has 0 saturated carbocycles. The van der Waals surface area contributed by atoms with Gasteiger partial charge in [0.2, 0.25) is 0 Å². The van der Waals surface area contributed by atoms with Crippen molar-refractivity contribution >= 4 is 29.6 Å². The highest BCUT2D eigenvalue weighted by molar-refractivity contribution is 6.14. The van der Waals surface area contributed by atoms with Crippen molar-refractivity contribution in [1.82, 2.24) is 4.98 Å². The molecule has 0 aliphatic rings. The van der Waals surface area contributed by atoms with E-state index < -0.39 is 23.6 Å². The van der Waals surface area contributed by atoms with Crippen LogP contribution in [0.25, 0.3) is 6.08 Å². The molecule has 0 aliphatic heterocycles. The van der Waals surface area contributed by atoms with Crippen LogP contribution < -0.4 is 5.32 Å². The first-order chi connectivity index (χ1) is 12.5. The largest absolute Gasteiger partial charge is 0.465 e. The van der Waals surface area contributed by atoms with Crippen LogP contribution in [0.2, 0.25) is 0 Å². The minimum atomic E-state index is -1.48. The zero-order valence-electron chi connectivity index (χ0n) is 13.9. The summed E-state index contributed by atoms with van der Waals surface area (Å²) in [6, 6.07) is 12.9. The van der Waals surface area contributed by atoms with Gasteiger partial charge in [-0.15, -0.1) is 0 Å². The second kappa shape index (κ2) is 8.89. The number of ketones is 1. The molecule has 1 aromatic carbocycles. The number of carbonyl (C=O) groups is 3. The summed E-state index contributed by atoms with van der Waals surface area (Å²) in [5.41, 5.74) is 1.01. The SMILES string of the molecule is COC(=O)c1ccc(/C=C\C(=O)[C@H](C#N)C(=O)Nc2ccccn2)cc1. The van der Waals surface area contributed by atoms with Crippen LogP contribution in [-0.2, 0) is 14.3 Å². The van der Waals surface area contributed by atoms with Crippen molar-refractivity contribution < 1.29 is 19.1 Å². The normalized spacial score (nSPS) is 11.4. The molecule has 0 bridgehead atoms. The highest BCUT2D eigenvalue weighted by Crippen LogP contribution is 2.10. The third kappa shape index (κ3) is 4.85. The van der Waals surface area contributed by atoms with Crippen LogP contribution >= 0.6 is 0 Å². The van der Waals surface area contributed by atoms with Gasteiger partial charge in [0.25, 0.3) is 5.91 Å². The summed E-state index contributed by atoms with van der Waals surface area (Å²) in [7, 11) is 1.28. The van der Waals surface area contributed by atoms with Crippen molar-refractivity contribution in [3.05, 3.63) is 65.9 Å². The lowest BCUT2D eigenvalue weighted by Gasteiger charge is -2.06. The van der Waals surface area contributed by atoms with E-state index in [4.69, 9.17) is 5.26 Å². The Hall–Kier alpha value is -3.79. The summed E-state index contributed by atoms with van der Waals surface area (Å²) < 4.78 is 4.60. The standard InChI is InChI=1S/C19H15N3O4/c1-26-19(25)14-8-5-13(6-9-14)7-10-16(23)15(12-20)18(24)22-17-4-2-3-11-21-17/h2-11,15H,1H3,(H,21,22,24)/b10-7-/t15-/m0/s1. The number of benzene rings is 1. The maximum atomic E-state index is 12.1. The molecule has 1 atom stereocenters. The van der Waals surface area contributed by atoms with Gasteiger partial charge < -0.3 is 10.1 Å². The third-order valence-corrected chi connectivity index (χ3v) is 3.36. The van der Waals surface area contributed by atoms with Crippen molar-refractivity contribution in [2.45, 2.75) is 0 Å². The van der Waals surface area contributed by atoms with Gasteiger partial charge in [-0.1, -0.05) is 24.3 Å². The molecule has 2 rings (SSSR count). The van der Waals surface area contributed by atoms with E-state index in [-0.39, 0.29) is 5.82 Å². The minimum absolute atomic E-state index is 0.257. The van der Waals surface area contributed by atoms with Gasteiger partial charge in [0.15, 0.2) is 11.7 Å². The summed E-state index contributed by atoms with van der Waals surface area (Å²) in [6.07, 6.45) is 4.09. The van der Waals surface area contributed by atoms with Gasteiger partial charge in [0.1, 0.15) is 5.82 Å². The first kappa shape index (κ1) is 18.5. The number of pyridine rings is 1. The molecule has 130 valence electrons. The highest BCUT2D eigenvalue weighted by Gasteiger charge is 2.24. The van der Waals surface area contributed by atoms with E-state index in [2.05, 4.69) is 15.0 Å². The first-order valence-electron chi connectivity index (χ1n) is 7.57. The number of methoxy groups -OCH3 is 1. The van der Waals surface area contributed by atoms with Gasteiger partial charge in [0.05, 0.1) is 18.7 Å². The van der Waals surface area contributed by atoms with Gasteiger partial charge >= 0.3 is 5.97 Å². The molecule has 0 radical (unpaired) electrons. The number of aromatic nitrogens is 1. The Morgan fingerprint density at radius 1 is 1.19 bits per heavy atom. The Bertz CT molecular complexity index is 868. The molecule has 0 aliphatic carbocycles. The number of amides is 1. The van der Waals surface area contributed by atoms with E-state index in [1.807, 2.05) is 0 Å². The number of carbonyl (C=O) groups excluding carboxylic acids is 3. The number of ether oxygens (including phenoxy) is 1. The highest BCUT2D eigenvalue weighted by atomic mass is 16.5. The fourth-order valence-corrected chi connectivity index (χ4v) is 2.01. The molecule has 0 unspecified atom stereocenters. The number of hydrogen-bond donors (Lipinski definition) is 1. The van der Waals surface area contributed by atoms with Crippen LogP contribution in [0.3, 0.4) is 0 Å². The summed E-state index contributed by atoms with van der Waals surface area (Å²) in [5.74, 6) is -3.09. The van der Waals surface area contributed by atoms with Gasteiger partial charge in [-0.2, -0.15) is 5.26 Å². The number of nitriles is 1. The van der Waals surface area contributed by atoms with E-state index in [9.17, 15) is 14.4 Å². The summed E-state index contributed by atoms with van der Waals surface area (Å²) in [4.78, 5) is 39.5.